The highest BCUT2D eigenvalue weighted by molar-refractivity contribution is 7.85. The van der Waals surface area contributed by atoms with Crippen molar-refractivity contribution >= 4 is 16.9 Å². The first kappa shape index (κ1) is 15.9. The van der Waals surface area contributed by atoms with Crippen LogP contribution in [0.4, 0.5) is 4.79 Å². The molecule has 1 atom stereocenters. The van der Waals surface area contributed by atoms with Crippen LogP contribution in [0.15, 0.2) is 23.6 Å². The van der Waals surface area contributed by atoms with Gasteiger partial charge in [0.1, 0.15) is 10.6 Å². The Bertz CT molecular complexity index is 508. The monoisotopic (exact) mass is 311 g/mol. The normalized spacial score (nSPS) is 18.3. The maximum atomic E-state index is 12.4. The molecule has 21 heavy (non-hydrogen) atoms. The van der Waals surface area contributed by atoms with Crippen LogP contribution in [0.25, 0.3) is 0 Å². The van der Waals surface area contributed by atoms with E-state index >= 15 is 0 Å². The zero-order chi connectivity index (χ0) is 15.5. The van der Waals surface area contributed by atoms with Crippen molar-refractivity contribution in [2.45, 2.75) is 49.5 Å². The number of carbonyl (C=O) groups is 1. The zero-order valence-electron chi connectivity index (χ0n) is 12.6. The number of nitrogens with zero attached hydrogens (tertiary/aromatic N) is 3. The zero-order valence-corrected chi connectivity index (χ0v) is 13.4. The molecular weight excluding hydrogens is 290 g/mol. The van der Waals surface area contributed by atoms with Crippen LogP contribution in [0.1, 0.15) is 33.6 Å². The molecule has 1 aromatic heterocycles. The predicted molar refractivity (Wildman–Crippen MR) is 79.3 cm³/mol. The van der Waals surface area contributed by atoms with Gasteiger partial charge in [-0.2, -0.15) is 0 Å². The second-order valence-corrected chi connectivity index (χ2v) is 7.69. The molecule has 0 saturated carbocycles. The van der Waals surface area contributed by atoms with Gasteiger partial charge in [0.25, 0.3) is 0 Å². The molecule has 2 rings (SSSR count). The van der Waals surface area contributed by atoms with E-state index in [9.17, 15) is 9.00 Å². The van der Waals surface area contributed by atoms with Crippen LogP contribution in [-0.2, 0) is 15.5 Å². The quantitative estimate of drug-likeness (QED) is 0.835. The van der Waals surface area contributed by atoms with Crippen molar-refractivity contribution in [1.29, 1.82) is 0 Å². The second-order valence-electron chi connectivity index (χ2n) is 6.01. The minimum Gasteiger partial charge on any atom is -0.444 e. The summed E-state index contributed by atoms with van der Waals surface area (Å²) in [4.78, 5) is 21.7. The molecule has 0 bridgehead atoms. The molecule has 116 valence electrons. The van der Waals surface area contributed by atoms with E-state index in [2.05, 4.69) is 9.97 Å². The summed E-state index contributed by atoms with van der Waals surface area (Å²) in [5.74, 6) is 0. The Labute approximate surface area is 127 Å². The number of aromatic nitrogens is 2. The van der Waals surface area contributed by atoms with Crippen LogP contribution < -0.4 is 0 Å². The van der Waals surface area contributed by atoms with E-state index in [1.807, 2.05) is 20.8 Å². The van der Waals surface area contributed by atoms with E-state index in [0.717, 1.165) is 0 Å². The van der Waals surface area contributed by atoms with Crippen LogP contribution >= 0.6 is 0 Å². The maximum Gasteiger partial charge on any atom is 0.410 e. The highest BCUT2D eigenvalue weighted by atomic mass is 32.2. The molecule has 0 aromatic carbocycles. The largest absolute Gasteiger partial charge is 0.444 e. The Morgan fingerprint density at radius 2 is 2.00 bits per heavy atom. The third-order valence-electron chi connectivity index (χ3n) is 3.14. The number of amides is 1. The van der Waals surface area contributed by atoms with Crippen molar-refractivity contribution in [3.8, 4) is 0 Å². The summed E-state index contributed by atoms with van der Waals surface area (Å²) < 4.78 is 17.7. The molecular formula is C14H21N3O3S. The van der Waals surface area contributed by atoms with Gasteiger partial charge >= 0.3 is 6.09 Å². The van der Waals surface area contributed by atoms with Crippen molar-refractivity contribution in [3.63, 3.8) is 0 Å². The fourth-order valence-electron chi connectivity index (χ4n) is 2.14. The fourth-order valence-corrected chi connectivity index (χ4v) is 3.45. The number of likely N-dealkylation sites (tertiary alicyclic amines) is 1. The van der Waals surface area contributed by atoms with Gasteiger partial charge in [-0.3, -0.25) is 9.19 Å². The minimum absolute atomic E-state index is 0.0142. The first-order chi connectivity index (χ1) is 9.87. The second kappa shape index (κ2) is 6.51. The Morgan fingerprint density at radius 3 is 2.52 bits per heavy atom. The topological polar surface area (TPSA) is 72.4 Å². The molecule has 6 nitrogen and oxygen atoms in total. The smallest absolute Gasteiger partial charge is 0.410 e. The summed E-state index contributed by atoms with van der Waals surface area (Å²) >= 11 is 0. The van der Waals surface area contributed by atoms with Crippen LogP contribution in [0.2, 0.25) is 0 Å². The molecule has 1 aliphatic heterocycles. The van der Waals surface area contributed by atoms with Gasteiger partial charge in [0.15, 0.2) is 0 Å². The molecule has 7 heteroatoms. The molecule has 1 aliphatic rings. The SMILES string of the molecule is CC(C)(C)OC(=O)N1CCC([S@](=O)c2cnccn2)CC1. The lowest BCUT2D eigenvalue weighted by molar-refractivity contribution is 0.0218. The van der Waals surface area contributed by atoms with Gasteiger partial charge in [-0.15, -0.1) is 0 Å². The van der Waals surface area contributed by atoms with E-state index in [1.54, 1.807) is 17.3 Å². The Kier molecular flexibility index (Phi) is 4.92. The standard InChI is InChI=1S/C14H21N3O3S/c1-14(2,3)20-13(18)17-8-4-11(5-9-17)21(19)12-10-15-6-7-16-12/h6-7,10-11H,4-5,8-9H2,1-3H3/t21-/m0/s1. The third-order valence-corrected chi connectivity index (χ3v) is 4.84. The predicted octanol–water partition coefficient (Wildman–Crippen LogP) is 1.98. The fraction of sp³-hybridized carbons (Fsp3) is 0.643. The van der Waals surface area contributed by atoms with Crippen molar-refractivity contribution in [3.05, 3.63) is 18.6 Å². The van der Waals surface area contributed by atoms with Crippen molar-refractivity contribution in [1.82, 2.24) is 14.9 Å². The van der Waals surface area contributed by atoms with E-state index < -0.39 is 16.4 Å². The van der Waals surface area contributed by atoms with Crippen molar-refractivity contribution in [2.24, 2.45) is 0 Å². The number of hydrogen-bond acceptors (Lipinski definition) is 5. The van der Waals surface area contributed by atoms with Crippen molar-refractivity contribution < 1.29 is 13.7 Å². The van der Waals surface area contributed by atoms with E-state index in [0.29, 0.717) is 31.0 Å². The summed E-state index contributed by atoms with van der Waals surface area (Å²) in [7, 11) is -1.17. The Hall–Kier alpha value is -1.50. The van der Waals surface area contributed by atoms with Gasteiger partial charge in [-0.25, -0.2) is 9.78 Å². The number of carbonyl (C=O) groups excluding carboxylic acids is 1. The van der Waals surface area contributed by atoms with Crippen LogP contribution in [0, 0.1) is 0 Å². The lowest BCUT2D eigenvalue weighted by Gasteiger charge is -2.32. The molecule has 2 heterocycles. The van der Waals surface area contributed by atoms with E-state index in [-0.39, 0.29) is 11.3 Å². The number of piperidine rings is 1. The molecule has 0 N–H and O–H groups in total. The molecule has 1 aromatic rings. The molecule has 0 unspecified atom stereocenters. The average Bonchev–Trinajstić information content (AvgIpc) is 2.46. The molecule has 1 amide bonds. The van der Waals surface area contributed by atoms with Crippen molar-refractivity contribution in [2.75, 3.05) is 13.1 Å². The molecule has 0 radical (unpaired) electrons. The highest BCUT2D eigenvalue weighted by Crippen LogP contribution is 2.21. The minimum atomic E-state index is -1.17. The Morgan fingerprint density at radius 1 is 1.33 bits per heavy atom. The molecule has 1 saturated heterocycles. The van der Waals surface area contributed by atoms with Crippen LogP contribution in [-0.4, -0.2) is 49.1 Å². The molecule has 1 fully saturated rings. The van der Waals surface area contributed by atoms with E-state index in [1.165, 1.54) is 6.20 Å². The first-order valence-corrected chi connectivity index (χ1v) is 8.22. The van der Waals surface area contributed by atoms with Gasteiger partial charge in [0.2, 0.25) is 0 Å². The van der Waals surface area contributed by atoms with Gasteiger partial charge in [0, 0.05) is 30.7 Å². The maximum absolute atomic E-state index is 12.4. The lowest BCUT2D eigenvalue weighted by Crippen LogP contribution is -2.43. The highest BCUT2D eigenvalue weighted by Gasteiger charge is 2.30. The summed E-state index contributed by atoms with van der Waals surface area (Å²) in [5, 5.41) is 0.522. The van der Waals surface area contributed by atoms with Crippen LogP contribution in [0.3, 0.4) is 0 Å². The van der Waals surface area contributed by atoms with Gasteiger partial charge in [-0.1, -0.05) is 0 Å². The summed E-state index contributed by atoms with van der Waals surface area (Å²) in [6.45, 7) is 6.67. The molecule has 0 aliphatic carbocycles. The number of hydrogen-bond donors (Lipinski definition) is 0. The Balaban J connectivity index is 1.89. The van der Waals surface area contributed by atoms with Gasteiger partial charge in [0.05, 0.1) is 17.0 Å². The van der Waals surface area contributed by atoms with Gasteiger partial charge < -0.3 is 9.64 Å². The third kappa shape index (κ3) is 4.49. The number of ether oxygens (including phenoxy) is 1. The summed E-state index contributed by atoms with van der Waals surface area (Å²) in [6, 6.07) is 0. The lowest BCUT2D eigenvalue weighted by atomic mass is 10.1. The summed E-state index contributed by atoms with van der Waals surface area (Å²) in [6.07, 6.45) is 5.71. The summed E-state index contributed by atoms with van der Waals surface area (Å²) in [5.41, 5.74) is -0.490. The number of rotatable bonds is 2. The molecule has 0 spiro atoms. The van der Waals surface area contributed by atoms with Crippen LogP contribution in [0.5, 0.6) is 0 Å². The first-order valence-electron chi connectivity index (χ1n) is 7.01. The average molecular weight is 311 g/mol. The van der Waals surface area contributed by atoms with E-state index in [4.69, 9.17) is 4.74 Å². The van der Waals surface area contributed by atoms with Gasteiger partial charge in [-0.05, 0) is 33.6 Å².